The highest BCUT2D eigenvalue weighted by atomic mass is 16.3. The monoisotopic (exact) mass is 343 g/mol. The van der Waals surface area contributed by atoms with E-state index >= 15 is 0 Å². The number of hydrogen-bond acceptors (Lipinski definition) is 2. The minimum atomic E-state index is 0.0229. The van der Waals surface area contributed by atoms with Gasteiger partial charge in [0.05, 0.1) is 0 Å². The van der Waals surface area contributed by atoms with Crippen molar-refractivity contribution in [2.24, 2.45) is 17.8 Å². The van der Waals surface area contributed by atoms with Gasteiger partial charge in [0.1, 0.15) is 5.75 Å². The molecule has 1 N–H and O–H groups in total. The Balaban J connectivity index is 1.41. The van der Waals surface area contributed by atoms with E-state index in [0.717, 1.165) is 18.5 Å². The molecule has 0 aromatic heterocycles. The Bertz CT molecular complexity index is 950. The molecule has 130 valence electrons. The summed E-state index contributed by atoms with van der Waals surface area (Å²) in [5.41, 5.74) is 3.34. The minimum Gasteiger partial charge on any atom is -0.508 e. The van der Waals surface area contributed by atoms with E-state index in [0.29, 0.717) is 29.5 Å². The van der Waals surface area contributed by atoms with Gasteiger partial charge in [-0.05, 0) is 66.0 Å². The zero-order valence-electron chi connectivity index (χ0n) is 14.5. The summed E-state index contributed by atoms with van der Waals surface area (Å²) in [6.07, 6.45) is 6.90. The van der Waals surface area contributed by atoms with Crippen LogP contribution in [0.2, 0.25) is 0 Å². The number of allylic oxidation sites excluding steroid dienone is 1. The van der Waals surface area contributed by atoms with E-state index < -0.39 is 0 Å². The van der Waals surface area contributed by atoms with Crippen molar-refractivity contribution < 1.29 is 9.90 Å². The first-order valence-electron chi connectivity index (χ1n) is 9.57. The van der Waals surface area contributed by atoms with Gasteiger partial charge in [-0.3, -0.25) is 4.79 Å². The number of hydrogen-bond donors (Lipinski definition) is 1. The second kappa shape index (κ2) is 4.79. The third-order valence-corrected chi connectivity index (χ3v) is 7.42. The van der Waals surface area contributed by atoms with Gasteiger partial charge in [0.2, 0.25) is 0 Å². The molecule has 26 heavy (non-hydrogen) atoms. The molecule has 2 aromatic carbocycles. The lowest BCUT2D eigenvalue weighted by atomic mass is 9.72. The molecule has 1 saturated heterocycles. The molecule has 3 nitrogen and oxygen atoms in total. The van der Waals surface area contributed by atoms with Gasteiger partial charge in [-0.2, -0.15) is 0 Å². The van der Waals surface area contributed by atoms with Gasteiger partial charge in [0.15, 0.2) is 0 Å². The van der Waals surface area contributed by atoms with Crippen molar-refractivity contribution in [3.63, 3.8) is 0 Å². The standard InChI is InChI=1S/C23H21NO2/c25-18-7-6-14-8-9-23(19(14)12-18)17-10-16-13-24(20(11-17)21(16)23)22(26)15-4-2-1-3-5-15/h1-9,12,16-17,20-21,25H,10-11,13H2/t16-,17?,20?,21?,23?/m1/s1. The molecule has 6 rings (SSSR count). The van der Waals surface area contributed by atoms with Crippen LogP contribution in [-0.2, 0) is 5.41 Å². The van der Waals surface area contributed by atoms with Crippen LogP contribution >= 0.6 is 0 Å². The number of fused-ring (bicyclic) bond motifs is 1. The molecule has 4 unspecified atom stereocenters. The minimum absolute atomic E-state index is 0.0229. The lowest BCUT2D eigenvalue weighted by Gasteiger charge is -2.31. The fraction of sp³-hybridized carbons (Fsp3) is 0.348. The van der Waals surface area contributed by atoms with Crippen LogP contribution in [0.25, 0.3) is 6.08 Å². The maximum atomic E-state index is 13.1. The van der Waals surface area contributed by atoms with Crippen LogP contribution in [0.1, 0.15) is 34.3 Å². The maximum absolute atomic E-state index is 13.1. The number of phenols is 1. The van der Waals surface area contributed by atoms with Crippen molar-refractivity contribution >= 4 is 12.0 Å². The first-order chi connectivity index (χ1) is 12.7. The molecular formula is C23H21NO2. The van der Waals surface area contributed by atoms with Crippen LogP contribution in [0.3, 0.4) is 0 Å². The van der Waals surface area contributed by atoms with Gasteiger partial charge in [-0.1, -0.05) is 36.4 Å². The third-order valence-electron chi connectivity index (χ3n) is 7.42. The molecule has 2 saturated carbocycles. The number of likely N-dealkylation sites (tertiary alicyclic amines) is 1. The number of benzene rings is 2. The first-order valence-corrected chi connectivity index (χ1v) is 9.57. The maximum Gasteiger partial charge on any atom is 0.254 e. The molecule has 3 aliphatic carbocycles. The molecule has 4 aliphatic rings. The molecule has 1 amide bonds. The Kier molecular flexibility index (Phi) is 2.69. The SMILES string of the molecule is O=C(c1ccccc1)N1C[C@H]2CC3CC1C2C31C=Cc2ccc(O)cc21. The summed E-state index contributed by atoms with van der Waals surface area (Å²) >= 11 is 0. The summed E-state index contributed by atoms with van der Waals surface area (Å²) in [6, 6.07) is 15.8. The number of nitrogens with zero attached hydrogens (tertiary/aromatic N) is 1. The lowest BCUT2D eigenvalue weighted by molar-refractivity contribution is 0.0726. The van der Waals surface area contributed by atoms with Gasteiger partial charge in [0, 0.05) is 23.6 Å². The third kappa shape index (κ3) is 1.62. The molecule has 3 heteroatoms. The van der Waals surface area contributed by atoms with E-state index in [-0.39, 0.29) is 11.3 Å². The smallest absolute Gasteiger partial charge is 0.254 e. The van der Waals surface area contributed by atoms with Gasteiger partial charge in [-0.15, -0.1) is 0 Å². The summed E-state index contributed by atoms with van der Waals surface area (Å²) in [4.78, 5) is 15.3. The number of rotatable bonds is 1. The summed E-state index contributed by atoms with van der Waals surface area (Å²) < 4.78 is 0. The molecule has 3 fully saturated rings. The predicted molar refractivity (Wildman–Crippen MR) is 99.8 cm³/mol. The van der Waals surface area contributed by atoms with E-state index in [1.807, 2.05) is 42.5 Å². The first kappa shape index (κ1) is 14.6. The molecule has 5 atom stereocenters. The predicted octanol–water partition coefficient (Wildman–Crippen LogP) is 3.84. The Morgan fingerprint density at radius 3 is 2.81 bits per heavy atom. The Hall–Kier alpha value is -2.55. The highest BCUT2D eigenvalue weighted by Gasteiger charge is 2.68. The molecular weight excluding hydrogens is 322 g/mol. The van der Waals surface area contributed by atoms with Crippen molar-refractivity contribution in [2.75, 3.05) is 6.54 Å². The van der Waals surface area contributed by atoms with Crippen molar-refractivity contribution in [2.45, 2.75) is 24.3 Å². The van der Waals surface area contributed by atoms with Crippen LogP contribution in [0.15, 0.2) is 54.6 Å². The van der Waals surface area contributed by atoms with E-state index in [2.05, 4.69) is 17.1 Å². The van der Waals surface area contributed by atoms with E-state index in [1.54, 1.807) is 6.07 Å². The van der Waals surface area contributed by atoms with Gasteiger partial charge >= 0.3 is 0 Å². The van der Waals surface area contributed by atoms with Crippen molar-refractivity contribution in [3.8, 4) is 5.75 Å². The van der Waals surface area contributed by atoms with E-state index in [4.69, 9.17) is 0 Å². The fourth-order valence-corrected chi connectivity index (χ4v) is 6.64. The topological polar surface area (TPSA) is 40.5 Å². The normalized spacial score (nSPS) is 35.5. The zero-order valence-corrected chi connectivity index (χ0v) is 14.5. The molecule has 2 aromatic rings. The van der Waals surface area contributed by atoms with Gasteiger partial charge in [0.25, 0.3) is 5.91 Å². The summed E-state index contributed by atoms with van der Waals surface area (Å²) in [5.74, 6) is 2.17. The quantitative estimate of drug-likeness (QED) is 0.855. The molecule has 1 spiro atoms. The number of phenolic OH excluding ortho intramolecular Hbond substituents is 1. The number of carbonyl (C=O) groups is 1. The highest BCUT2D eigenvalue weighted by Crippen LogP contribution is 2.68. The largest absolute Gasteiger partial charge is 0.508 e. The summed E-state index contributed by atoms with van der Waals surface area (Å²) in [7, 11) is 0. The number of amides is 1. The molecule has 0 radical (unpaired) electrons. The second-order valence-corrected chi connectivity index (χ2v) is 8.38. The average molecular weight is 343 g/mol. The summed E-state index contributed by atoms with van der Waals surface area (Å²) in [5, 5.41) is 10.1. The van der Waals surface area contributed by atoms with Gasteiger partial charge < -0.3 is 10.0 Å². The Labute approximate surface area is 153 Å². The molecule has 1 aliphatic heterocycles. The average Bonchev–Trinajstić information content (AvgIpc) is 3.34. The Morgan fingerprint density at radius 1 is 1.12 bits per heavy atom. The van der Waals surface area contributed by atoms with Crippen LogP contribution in [0, 0.1) is 17.8 Å². The van der Waals surface area contributed by atoms with Crippen molar-refractivity contribution in [1.29, 1.82) is 0 Å². The number of aromatic hydroxyl groups is 1. The molecule has 1 heterocycles. The second-order valence-electron chi connectivity index (χ2n) is 8.38. The lowest BCUT2D eigenvalue weighted by Crippen LogP contribution is -2.38. The van der Waals surface area contributed by atoms with Crippen LogP contribution in [0.4, 0.5) is 0 Å². The summed E-state index contributed by atoms with van der Waals surface area (Å²) in [6.45, 7) is 0.878. The van der Waals surface area contributed by atoms with Gasteiger partial charge in [-0.25, -0.2) is 0 Å². The Morgan fingerprint density at radius 2 is 1.96 bits per heavy atom. The highest BCUT2D eigenvalue weighted by molar-refractivity contribution is 5.94. The van der Waals surface area contributed by atoms with Crippen molar-refractivity contribution in [3.05, 3.63) is 71.3 Å². The van der Waals surface area contributed by atoms with Crippen molar-refractivity contribution in [1.82, 2.24) is 4.90 Å². The zero-order chi connectivity index (χ0) is 17.5. The van der Waals surface area contributed by atoms with Crippen LogP contribution < -0.4 is 0 Å². The van der Waals surface area contributed by atoms with E-state index in [1.165, 1.54) is 17.5 Å². The van der Waals surface area contributed by atoms with Crippen LogP contribution in [0.5, 0.6) is 5.75 Å². The van der Waals surface area contributed by atoms with E-state index in [9.17, 15) is 9.90 Å². The molecule has 2 bridgehead atoms. The van der Waals surface area contributed by atoms with Crippen LogP contribution in [-0.4, -0.2) is 28.5 Å². The number of carbonyl (C=O) groups excluding carboxylic acids is 1. The fourth-order valence-electron chi connectivity index (χ4n) is 6.64.